The molecule has 3 aromatic rings. The molecular formula is C20H23N5O. The molecule has 6 heteroatoms. The zero-order valence-electron chi connectivity index (χ0n) is 15.4. The Labute approximate surface area is 153 Å². The molecule has 0 spiro atoms. The van der Waals surface area contributed by atoms with E-state index in [1.165, 1.54) is 5.56 Å². The lowest BCUT2D eigenvalue weighted by Crippen LogP contribution is -2.49. The van der Waals surface area contributed by atoms with Crippen molar-refractivity contribution in [3.05, 3.63) is 53.3 Å². The molecule has 1 fully saturated rings. The number of carbonyl (C=O) groups excluding carboxylic acids is 1. The maximum Gasteiger partial charge on any atom is 0.254 e. The zero-order chi connectivity index (χ0) is 18.3. The van der Waals surface area contributed by atoms with E-state index in [4.69, 9.17) is 0 Å². The minimum atomic E-state index is 0.120. The van der Waals surface area contributed by atoms with Gasteiger partial charge in [0.1, 0.15) is 6.33 Å². The Morgan fingerprint density at radius 2 is 1.81 bits per heavy atom. The monoisotopic (exact) mass is 349 g/mol. The second-order valence-corrected chi connectivity index (χ2v) is 7.00. The first-order chi connectivity index (χ1) is 12.5. The summed E-state index contributed by atoms with van der Waals surface area (Å²) in [5.41, 5.74) is 3.06. The SMILES string of the molecule is Cc1ccc2c(C(=O)N3CCN(c4nncn4C)CC3)c(C)ccc2c1. The second kappa shape index (κ2) is 6.44. The number of piperazine rings is 1. The van der Waals surface area contributed by atoms with Gasteiger partial charge in [0, 0.05) is 33.2 Å². The van der Waals surface area contributed by atoms with Crippen molar-refractivity contribution in [3.63, 3.8) is 0 Å². The van der Waals surface area contributed by atoms with Crippen LogP contribution < -0.4 is 4.90 Å². The van der Waals surface area contributed by atoms with E-state index in [1.807, 2.05) is 29.5 Å². The highest BCUT2D eigenvalue weighted by atomic mass is 16.2. The maximum absolute atomic E-state index is 13.3. The molecule has 0 radical (unpaired) electrons. The highest BCUT2D eigenvalue weighted by Gasteiger charge is 2.26. The van der Waals surface area contributed by atoms with Crippen molar-refractivity contribution >= 4 is 22.6 Å². The summed E-state index contributed by atoms with van der Waals surface area (Å²) < 4.78 is 1.91. The Morgan fingerprint density at radius 3 is 2.50 bits per heavy atom. The molecule has 1 aliphatic rings. The maximum atomic E-state index is 13.3. The Kier molecular flexibility index (Phi) is 4.11. The first-order valence-corrected chi connectivity index (χ1v) is 8.93. The predicted molar refractivity (Wildman–Crippen MR) is 103 cm³/mol. The number of amides is 1. The average molecular weight is 349 g/mol. The van der Waals surface area contributed by atoms with Gasteiger partial charge in [-0.2, -0.15) is 0 Å². The van der Waals surface area contributed by atoms with Crippen molar-refractivity contribution in [3.8, 4) is 0 Å². The third kappa shape index (κ3) is 2.81. The van der Waals surface area contributed by atoms with Crippen molar-refractivity contribution in [1.82, 2.24) is 19.7 Å². The van der Waals surface area contributed by atoms with Crippen LogP contribution in [-0.4, -0.2) is 51.8 Å². The number of carbonyl (C=O) groups is 1. The molecule has 2 heterocycles. The van der Waals surface area contributed by atoms with Gasteiger partial charge < -0.3 is 14.4 Å². The van der Waals surface area contributed by atoms with Crippen LogP contribution in [0.2, 0.25) is 0 Å². The van der Waals surface area contributed by atoms with Crippen LogP contribution in [0.1, 0.15) is 21.5 Å². The van der Waals surface area contributed by atoms with E-state index in [1.54, 1.807) is 6.33 Å². The summed E-state index contributed by atoms with van der Waals surface area (Å²) in [6.07, 6.45) is 1.70. The Bertz CT molecular complexity index is 969. The van der Waals surface area contributed by atoms with Crippen LogP contribution in [0.25, 0.3) is 10.8 Å². The molecule has 0 aliphatic carbocycles. The molecule has 1 aromatic heterocycles. The third-order valence-electron chi connectivity index (χ3n) is 5.13. The highest BCUT2D eigenvalue weighted by molar-refractivity contribution is 6.08. The summed E-state index contributed by atoms with van der Waals surface area (Å²) >= 11 is 0. The van der Waals surface area contributed by atoms with Gasteiger partial charge in [-0.25, -0.2) is 0 Å². The number of benzene rings is 2. The molecule has 1 saturated heterocycles. The van der Waals surface area contributed by atoms with Gasteiger partial charge in [0.25, 0.3) is 5.91 Å². The van der Waals surface area contributed by atoms with E-state index in [2.05, 4.69) is 46.3 Å². The molecule has 1 aliphatic heterocycles. The van der Waals surface area contributed by atoms with Crippen molar-refractivity contribution in [1.29, 1.82) is 0 Å². The van der Waals surface area contributed by atoms with Gasteiger partial charge in [-0.1, -0.05) is 35.9 Å². The minimum Gasteiger partial charge on any atom is -0.337 e. The fraction of sp³-hybridized carbons (Fsp3) is 0.350. The molecule has 0 atom stereocenters. The number of aromatic nitrogens is 3. The molecule has 134 valence electrons. The van der Waals surface area contributed by atoms with Crippen LogP contribution in [0, 0.1) is 13.8 Å². The van der Waals surface area contributed by atoms with Gasteiger partial charge in [0.05, 0.1) is 5.56 Å². The van der Waals surface area contributed by atoms with Gasteiger partial charge >= 0.3 is 0 Å². The number of hydrogen-bond acceptors (Lipinski definition) is 4. The third-order valence-corrected chi connectivity index (χ3v) is 5.13. The summed E-state index contributed by atoms with van der Waals surface area (Å²) in [7, 11) is 1.94. The van der Waals surface area contributed by atoms with Gasteiger partial charge in [0.15, 0.2) is 0 Å². The number of aryl methyl sites for hydroxylation is 3. The molecule has 0 unspecified atom stereocenters. The van der Waals surface area contributed by atoms with Crippen molar-refractivity contribution in [2.24, 2.45) is 7.05 Å². The van der Waals surface area contributed by atoms with Crippen LogP contribution in [-0.2, 0) is 7.05 Å². The standard InChI is InChI=1S/C20H23N5O/c1-14-4-7-17-16(12-14)6-5-15(2)18(17)19(26)24-8-10-25(11-9-24)20-22-21-13-23(20)3/h4-7,12-13H,8-11H2,1-3H3. The quantitative estimate of drug-likeness (QED) is 0.713. The van der Waals surface area contributed by atoms with Gasteiger partial charge in [-0.3, -0.25) is 4.79 Å². The summed E-state index contributed by atoms with van der Waals surface area (Å²) in [6.45, 7) is 7.00. The highest BCUT2D eigenvalue weighted by Crippen LogP contribution is 2.25. The molecule has 4 rings (SSSR count). The number of fused-ring (bicyclic) bond motifs is 1. The molecule has 6 nitrogen and oxygen atoms in total. The predicted octanol–water partition coefficient (Wildman–Crippen LogP) is 2.55. The lowest BCUT2D eigenvalue weighted by molar-refractivity contribution is 0.0747. The van der Waals surface area contributed by atoms with E-state index in [0.29, 0.717) is 13.1 Å². The molecule has 26 heavy (non-hydrogen) atoms. The average Bonchev–Trinajstić information content (AvgIpc) is 3.07. The van der Waals surface area contributed by atoms with E-state index >= 15 is 0 Å². The summed E-state index contributed by atoms with van der Waals surface area (Å²) in [5.74, 6) is 0.975. The number of hydrogen-bond donors (Lipinski definition) is 0. The molecule has 2 aromatic carbocycles. The molecular weight excluding hydrogens is 326 g/mol. The Morgan fingerprint density at radius 1 is 1.04 bits per heavy atom. The van der Waals surface area contributed by atoms with Crippen LogP contribution >= 0.6 is 0 Å². The van der Waals surface area contributed by atoms with Crippen LogP contribution in [0.5, 0.6) is 0 Å². The fourth-order valence-electron chi connectivity index (χ4n) is 3.67. The lowest BCUT2D eigenvalue weighted by atomic mass is 9.97. The van der Waals surface area contributed by atoms with E-state index < -0.39 is 0 Å². The summed E-state index contributed by atoms with van der Waals surface area (Å²) in [5, 5.41) is 10.3. The van der Waals surface area contributed by atoms with Crippen molar-refractivity contribution < 1.29 is 4.79 Å². The molecule has 0 bridgehead atoms. The van der Waals surface area contributed by atoms with Crippen LogP contribution in [0.3, 0.4) is 0 Å². The fourth-order valence-corrected chi connectivity index (χ4v) is 3.67. The van der Waals surface area contributed by atoms with Crippen LogP contribution in [0.4, 0.5) is 5.95 Å². The first-order valence-electron chi connectivity index (χ1n) is 8.93. The van der Waals surface area contributed by atoms with Gasteiger partial charge in [0.2, 0.25) is 5.95 Å². The van der Waals surface area contributed by atoms with Crippen LogP contribution in [0.15, 0.2) is 36.7 Å². The van der Waals surface area contributed by atoms with E-state index in [0.717, 1.165) is 40.9 Å². The summed E-state index contributed by atoms with van der Waals surface area (Å²) in [4.78, 5) is 17.4. The second-order valence-electron chi connectivity index (χ2n) is 7.00. The lowest BCUT2D eigenvalue weighted by Gasteiger charge is -2.35. The molecule has 1 amide bonds. The zero-order valence-corrected chi connectivity index (χ0v) is 15.4. The smallest absolute Gasteiger partial charge is 0.254 e. The first kappa shape index (κ1) is 16.6. The van der Waals surface area contributed by atoms with Crippen molar-refractivity contribution in [2.75, 3.05) is 31.1 Å². The Balaban J connectivity index is 1.58. The topological polar surface area (TPSA) is 54.3 Å². The van der Waals surface area contributed by atoms with Crippen molar-refractivity contribution in [2.45, 2.75) is 13.8 Å². The van der Waals surface area contributed by atoms with Gasteiger partial charge in [-0.15, -0.1) is 10.2 Å². The van der Waals surface area contributed by atoms with E-state index in [9.17, 15) is 4.79 Å². The Hall–Kier alpha value is -2.89. The van der Waals surface area contributed by atoms with E-state index in [-0.39, 0.29) is 5.91 Å². The normalized spacial score (nSPS) is 14.9. The molecule has 0 saturated carbocycles. The number of nitrogens with zero attached hydrogens (tertiary/aromatic N) is 5. The largest absolute Gasteiger partial charge is 0.337 e. The van der Waals surface area contributed by atoms with Gasteiger partial charge in [-0.05, 0) is 30.2 Å². The number of rotatable bonds is 2. The molecule has 0 N–H and O–H groups in total. The number of anilines is 1. The minimum absolute atomic E-state index is 0.120. The summed E-state index contributed by atoms with van der Waals surface area (Å²) in [6, 6.07) is 10.4.